The summed E-state index contributed by atoms with van der Waals surface area (Å²) in [6.45, 7) is 16.1. The van der Waals surface area contributed by atoms with Crippen molar-refractivity contribution in [2.24, 2.45) is 0 Å². The van der Waals surface area contributed by atoms with Crippen LogP contribution < -0.4 is 0 Å². The molecular weight excluding hydrogens is 332 g/mol. The maximum atomic E-state index is 8.69. The predicted molar refractivity (Wildman–Crippen MR) is 98.2 cm³/mol. The first kappa shape index (κ1) is 22.5. The van der Waals surface area contributed by atoms with Gasteiger partial charge in [0.25, 0.3) is 0 Å². The van der Waals surface area contributed by atoms with Crippen molar-refractivity contribution in [3.8, 4) is 0 Å². The fraction of sp³-hybridized carbons (Fsp3) is 1.00. The summed E-state index contributed by atoms with van der Waals surface area (Å²) in [5.74, 6) is 0. The van der Waals surface area contributed by atoms with Crippen molar-refractivity contribution in [1.29, 1.82) is 0 Å². The molecule has 0 aliphatic carbocycles. The molecule has 8 heteroatoms. The summed E-state index contributed by atoms with van der Waals surface area (Å²) in [6, 6.07) is 1.02. The quantitative estimate of drug-likeness (QED) is 0.314. The van der Waals surface area contributed by atoms with Crippen molar-refractivity contribution in [1.82, 2.24) is 0 Å². The maximum Gasteiger partial charge on any atom is 0.314 e. The average molecular weight is 369 g/mol. The molecule has 0 spiro atoms. The third-order valence-electron chi connectivity index (χ3n) is 2.73. The van der Waals surface area contributed by atoms with E-state index < -0.39 is 31.5 Å². The Kier molecular flexibility index (Phi) is 9.87. The molecule has 0 amide bonds. The molecule has 0 aromatic rings. The molecule has 0 saturated heterocycles. The second-order valence-electron chi connectivity index (χ2n) is 7.93. The van der Waals surface area contributed by atoms with Crippen LogP contribution in [-0.4, -0.2) is 54.9 Å². The minimum absolute atomic E-state index is 0.00998. The van der Waals surface area contributed by atoms with Crippen molar-refractivity contribution in [3.63, 3.8) is 0 Å². The second-order valence-corrected chi connectivity index (χ2v) is 20.8. The maximum absolute atomic E-state index is 8.69. The van der Waals surface area contributed by atoms with E-state index in [4.69, 9.17) is 23.2 Å². The number of hydrogen-bond donors (Lipinski definition) is 2. The molecule has 134 valence electrons. The van der Waals surface area contributed by atoms with Gasteiger partial charge in [0, 0.05) is 6.61 Å². The van der Waals surface area contributed by atoms with Crippen LogP contribution in [0.2, 0.25) is 51.9 Å². The Hall–Kier alpha value is 0.451. The van der Waals surface area contributed by atoms with E-state index in [1.807, 2.05) is 0 Å². The van der Waals surface area contributed by atoms with Gasteiger partial charge < -0.3 is 23.2 Å². The van der Waals surface area contributed by atoms with Crippen molar-refractivity contribution in [3.05, 3.63) is 0 Å². The van der Waals surface area contributed by atoms with E-state index in [2.05, 4.69) is 45.8 Å². The molecule has 0 unspecified atom stereocenters. The van der Waals surface area contributed by atoms with Crippen LogP contribution in [-0.2, 0) is 13.0 Å². The molecule has 2 N–H and O–H groups in total. The molecule has 0 bridgehead atoms. The Bertz CT molecular complexity index is 284. The zero-order valence-corrected chi connectivity index (χ0v) is 18.4. The number of aliphatic hydroxyl groups is 2. The molecule has 5 nitrogen and oxygen atoms in total. The highest BCUT2D eigenvalue weighted by Gasteiger charge is 2.39. The lowest BCUT2D eigenvalue weighted by atomic mass is 10.3. The topological polar surface area (TPSA) is 68.2 Å². The van der Waals surface area contributed by atoms with Gasteiger partial charge in [0.05, 0.1) is 6.61 Å². The van der Waals surface area contributed by atoms with Gasteiger partial charge in [0.2, 0.25) is 0 Å². The van der Waals surface area contributed by atoms with Crippen molar-refractivity contribution in [2.75, 3.05) is 13.2 Å². The molecule has 0 saturated carbocycles. The van der Waals surface area contributed by atoms with Gasteiger partial charge in [-0.3, -0.25) is 0 Å². The Morgan fingerprint density at radius 1 is 0.773 bits per heavy atom. The van der Waals surface area contributed by atoms with Gasteiger partial charge >= 0.3 is 8.56 Å². The van der Waals surface area contributed by atoms with Crippen LogP contribution in [0.3, 0.4) is 0 Å². The van der Waals surface area contributed by atoms with Gasteiger partial charge in [-0.2, -0.15) is 0 Å². The zero-order valence-electron chi connectivity index (χ0n) is 15.4. The standard InChI is InChI=1S/C14H36O5Si3/c1-20(2,3)18-22(7,19-21(4,5)6)12-10-8-9-11-17-13-14(15)16/h14-16H,8-13H2,1-7H3. The molecule has 22 heavy (non-hydrogen) atoms. The molecule has 0 heterocycles. The van der Waals surface area contributed by atoms with Gasteiger partial charge in [0.15, 0.2) is 22.9 Å². The summed E-state index contributed by atoms with van der Waals surface area (Å²) in [4.78, 5) is 0. The van der Waals surface area contributed by atoms with Gasteiger partial charge in [0.1, 0.15) is 0 Å². The highest BCUT2D eigenvalue weighted by molar-refractivity contribution is 6.87. The molecule has 0 rings (SSSR count). The first-order valence-electron chi connectivity index (χ1n) is 8.17. The summed E-state index contributed by atoms with van der Waals surface area (Å²) in [5.41, 5.74) is 0. The fourth-order valence-electron chi connectivity index (χ4n) is 2.43. The third kappa shape index (κ3) is 14.1. The van der Waals surface area contributed by atoms with Crippen LogP contribution in [0.1, 0.15) is 19.3 Å². The van der Waals surface area contributed by atoms with Crippen molar-refractivity contribution < 1.29 is 23.2 Å². The Morgan fingerprint density at radius 3 is 1.68 bits per heavy atom. The Labute approximate surface area is 139 Å². The van der Waals surface area contributed by atoms with E-state index >= 15 is 0 Å². The highest BCUT2D eigenvalue weighted by atomic mass is 28.5. The average Bonchev–Trinajstić information content (AvgIpc) is 2.21. The fourth-order valence-corrected chi connectivity index (χ4v) is 15.0. The molecule has 0 radical (unpaired) electrons. The first-order valence-corrected chi connectivity index (χ1v) is 17.5. The number of aliphatic hydroxyl groups excluding tert-OH is 1. The lowest BCUT2D eigenvalue weighted by molar-refractivity contribution is -0.0949. The minimum Gasteiger partial charge on any atom is -0.437 e. The van der Waals surface area contributed by atoms with Crippen LogP contribution >= 0.6 is 0 Å². The van der Waals surface area contributed by atoms with E-state index in [-0.39, 0.29) is 6.61 Å². The van der Waals surface area contributed by atoms with Gasteiger partial charge in [-0.05, 0) is 58.3 Å². The molecule has 0 aliphatic heterocycles. The number of unbranched alkanes of at least 4 members (excludes halogenated alkanes) is 2. The lowest BCUT2D eigenvalue weighted by Gasteiger charge is -2.38. The summed E-state index contributed by atoms with van der Waals surface area (Å²) in [6.07, 6.45) is 1.68. The summed E-state index contributed by atoms with van der Waals surface area (Å²) in [5, 5.41) is 17.4. The zero-order chi connectivity index (χ0) is 17.4. The van der Waals surface area contributed by atoms with Gasteiger partial charge in [-0.15, -0.1) is 0 Å². The second kappa shape index (κ2) is 9.68. The van der Waals surface area contributed by atoms with E-state index in [1.165, 1.54) is 0 Å². The summed E-state index contributed by atoms with van der Waals surface area (Å²) < 4.78 is 18.1. The van der Waals surface area contributed by atoms with E-state index in [0.717, 1.165) is 25.3 Å². The first-order chi connectivity index (χ1) is 9.83. The third-order valence-corrected chi connectivity index (χ3v) is 12.3. The number of hydrogen-bond acceptors (Lipinski definition) is 5. The van der Waals surface area contributed by atoms with Gasteiger partial charge in [-0.1, -0.05) is 12.8 Å². The van der Waals surface area contributed by atoms with E-state index in [1.54, 1.807) is 0 Å². The Morgan fingerprint density at radius 2 is 1.27 bits per heavy atom. The van der Waals surface area contributed by atoms with Crippen LogP contribution in [0.4, 0.5) is 0 Å². The van der Waals surface area contributed by atoms with E-state index in [9.17, 15) is 0 Å². The number of rotatable bonds is 12. The molecule has 0 aromatic heterocycles. The van der Waals surface area contributed by atoms with Crippen LogP contribution in [0.5, 0.6) is 0 Å². The predicted octanol–water partition coefficient (Wildman–Crippen LogP) is 3.26. The molecule has 0 atom stereocenters. The van der Waals surface area contributed by atoms with E-state index in [0.29, 0.717) is 6.61 Å². The van der Waals surface area contributed by atoms with Gasteiger partial charge in [-0.25, -0.2) is 0 Å². The SMILES string of the molecule is C[Si](C)(C)O[Si](C)(CCCCCOCC(O)O)O[Si](C)(C)C. The normalized spacial score (nSPS) is 13.9. The molecule has 0 fully saturated rings. The molecule has 0 aliphatic rings. The van der Waals surface area contributed by atoms with Crippen molar-refractivity contribution >= 4 is 25.2 Å². The summed E-state index contributed by atoms with van der Waals surface area (Å²) in [7, 11) is -5.32. The lowest BCUT2D eigenvalue weighted by Crippen LogP contribution is -2.52. The smallest absolute Gasteiger partial charge is 0.314 e. The van der Waals surface area contributed by atoms with Crippen LogP contribution in [0.25, 0.3) is 0 Å². The summed E-state index contributed by atoms with van der Waals surface area (Å²) >= 11 is 0. The van der Waals surface area contributed by atoms with Crippen LogP contribution in [0.15, 0.2) is 0 Å². The Balaban J connectivity index is 4.20. The van der Waals surface area contributed by atoms with Crippen LogP contribution in [0, 0.1) is 0 Å². The van der Waals surface area contributed by atoms with Crippen molar-refractivity contribution in [2.45, 2.75) is 77.4 Å². The minimum atomic E-state index is -2.10. The monoisotopic (exact) mass is 368 g/mol. The molecule has 0 aromatic carbocycles. The highest BCUT2D eigenvalue weighted by Crippen LogP contribution is 2.26. The molecular formula is C14H36O5Si3. The largest absolute Gasteiger partial charge is 0.437 e. The number of ether oxygens (including phenoxy) is 1.